The first-order valence-electron chi connectivity index (χ1n) is 12.0. The van der Waals surface area contributed by atoms with Crippen LogP contribution >= 0.6 is 0 Å². The molecule has 8 nitrogen and oxygen atoms in total. The van der Waals surface area contributed by atoms with E-state index in [0.717, 1.165) is 22.3 Å². The van der Waals surface area contributed by atoms with Gasteiger partial charge in [-0.2, -0.15) is 0 Å². The minimum atomic E-state index is -1.08. The molecule has 0 saturated carbocycles. The third kappa shape index (κ3) is 5.17. The second kappa shape index (κ2) is 10.5. The summed E-state index contributed by atoms with van der Waals surface area (Å²) in [5.74, 6) is -1.47. The van der Waals surface area contributed by atoms with Crippen LogP contribution in [0.2, 0.25) is 0 Å². The Balaban J connectivity index is 1.43. The van der Waals surface area contributed by atoms with Crippen LogP contribution in [0.3, 0.4) is 0 Å². The summed E-state index contributed by atoms with van der Waals surface area (Å²) in [5.41, 5.74) is 3.51. The van der Waals surface area contributed by atoms with E-state index in [0.29, 0.717) is 19.4 Å². The number of nitrogens with zero attached hydrogens (tertiary/aromatic N) is 1. The maximum Gasteiger partial charge on any atom is 0.407 e. The Hall–Kier alpha value is -3.39. The van der Waals surface area contributed by atoms with Crippen LogP contribution < -0.4 is 5.32 Å². The number of ether oxygens (including phenoxy) is 2. The minimum absolute atomic E-state index is 0.0192. The van der Waals surface area contributed by atoms with Crippen molar-refractivity contribution in [3.8, 4) is 11.1 Å². The number of carbonyl (C=O) groups excluding carboxylic acids is 2. The molecule has 1 unspecified atom stereocenters. The van der Waals surface area contributed by atoms with Gasteiger partial charge in [0.05, 0.1) is 12.0 Å². The predicted octanol–water partition coefficient (Wildman–Crippen LogP) is 3.64. The summed E-state index contributed by atoms with van der Waals surface area (Å²) >= 11 is 0. The highest BCUT2D eigenvalue weighted by molar-refractivity contribution is 5.87. The topological polar surface area (TPSA) is 105 Å². The van der Waals surface area contributed by atoms with Gasteiger partial charge in [0.25, 0.3) is 0 Å². The molecule has 0 bridgehead atoms. The molecule has 2 aromatic carbocycles. The van der Waals surface area contributed by atoms with Gasteiger partial charge < -0.3 is 24.8 Å². The Labute approximate surface area is 205 Å². The van der Waals surface area contributed by atoms with E-state index in [1.54, 1.807) is 13.8 Å². The van der Waals surface area contributed by atoms with Gasteiger partial charge in [0, 0.05) is 25.1 Å². The number of nitrogens with one attached hydrogen (secondary N) is 1. The molecule has 0 radical (unpaired) electrons. The maximum absolute atomic E-state index is 13.4. The zero-order chi connectivity index (χ0) is 25.0. The van der Waals surface area contributed by atoms with Gasteiger partial charge in [-0.15, -0.1) is 0 Å². The standard InChI is InChI=1S/C27H32N2O6/c1-18(2)29(14-24(30)31)25(32)27(12-7-13-34-17-27)16-28-26(33)35-15-23-21-10-5-3-8-19(21)20-9-4-6-11-22(20)23/h3-6,8-11,18,23H,7,12-17H2,1-2H3,(H,28,33)(H,30,31). The Morgan fingerprint density at radius 1 is 1.11 bits per heavy atom. The van der Waals surface area contributed by atoms with E-state index in [-0.39, 0.29) is 37.6 Å². The number of carbonyl (C=O) groups is 3. The quantitative estimate of drug-likeness (QED) is 0.598. The molecule has 2 aliphatic rings. The highest BCUT2D eigenvalue weighted by Crippen LogP contribution is 2.44. The van der Waals surface area contributed by atoms with E-state index in [1.165, 1.54) is 4.90 Å². The number of fused-ring (bicyclic) bond motifs is 3. The Bertz CT molecular complexity index is 1050. The molecule has 1 aliphatic carbocycles. The average molecular weight is 481 g/mol. The molecule has 2 N–H and O–H groups in total. The highest BCUT2D eigenvalue weighted by Gasteiger charge is 2.44. The van der Waals surface area contributed by atoms with Crippen molar-refractivity contribution in [3.05, 3.63) is 59.7 Å². The van der Waals surface area contributed by atoms with Crippen LogP contribution in [0, 0.1) is 5.41 Å². The molecule has 1 aliphatic heterocycles. The number of amides is 2. The van der Waals surface area contributed by atoms with Crippen molar-refractivity contribution in [2.24, 2.45) is 5.41 Å². The molecule has 1 atom stereocenters. The van der Waals surface area contributed by atoms with Gasteiger partial charge in [-0.3, -0.25) is 9.59 Å². The summed E-state index contributed by atoms with van der Waals surface area (Å²) < 4.78 is 11.2. The van der Waals surface area contributed by atoms with Gasteiger partial charge in [-0.25, -0.2) is 4.79 Å². The fourth-order valence-electron chi connectivity index (χ4n) is 5.07. The number of carboxylic acids is 1. The fraction of sp³-hybridized carbons (Fsp3) is 0.444. The third-order valence-corrected chi connectivity index (χ3v) is 6.88. The van der Waals surface area contributed by atoms with E-state index in [9.17, 15) is 19.5 Å². The van der Waals surface area contributed by atoms with Crippen molar-refractivity contribution >= 4 is 18.0 Å². The second-order valence-electron chi connectivity index (χ2n) is 9.54. The number of rotatable bonds is 8. The number of hydrogen-bond donors (Lipinski definition) is 2. The van der Waals surface area contributed by atoms with Gasteiger partial charge in [0.15, 0.2) is 0 Å². The average Bonchev–Trinajstić information content (AvgIpc) is 3.18. The fourth-order valence-corrected chi connectivity index (χ4v) is 5.07. The third-order valence-electron chi connectivity index (χ3n) is 6.88. The summed E-state index contributed by atoms with van der Waals surface area (Å²) in [7, 11) is 0. The SMILES string of the molecule is CC(C)N(CC(=O)O)C(=O)C1(CNC(=O)OCC2c3ccccc3-c3ccccc32)CCCOC1. The molecular weight excluding hydrogens is 448 g/mol. The summed E-state index contributed by atoms with van der Waals surface area (Å²) in [6.45, 7) is 4.00. The molecule has 1 fully saturated rings. The van der Waals surface area contributed by atoms with Crippen LogP contribution in [0.1, 0.15) is 43.7 Å². The van der Waals surface area contributed by atoms with E-state index in [1.807, 2.05) is 24.3 Å². The van der Waals surface area contributed by atoms with Crippen molar-refractivity contribution in [1.82, 2.24) is 10.2 Å². The second-order valence-corrected chi connectivity index (χ2v) is 9.54. The number of carboxylic acid groups (broad SMARTS) is 1. The molecule has 2 aromatic rings. The first-order valence-corrected chi connectivity index (χ1v) is 12.0. The molecule has 186 valence electrons. The van der Waals surface area contributed by atoms with Crippen LogP contribution in [0.25, 0.3) is 11.1 Å². The molecule has 35 heavy (non-hydrogen) atoms. The Morgan fingerprint density at radius 3 is 2.29 bits per heavy atom. The molecule has 1 heterocycles. The lowest BCUT2D eigenvalue weighted by Gasteiger charge is -2.40. The van der Waals surface area contributed by atoms with Crippen molar-refractivity contribution in [1.29, 1.82) is 0 Å². The molecule has 1 saturated heterocycles. The predicted molar refractivity (Wildman–Crippen MR) is 130 cm³/mol. The summed E-state index contributed by atoms with van der Waals surface area (Å²) in [6, 6.07) is 15.9. The van der Waals surface area contributed by atoms with Gasteiger partial charge in [-0.1, -0.05) is 48.5 Å². The van der Waals surface area contributed by atoms with Gasteiger partial charge in [0.1, 0.15) is 13.2 Å². The number of benzene rings is 2. The van der Waals surface area contributed by atoms with Crippen LogP contribution in [-0.2, 0) is 19.1 Å². The van der Waals surface area contributed by atoms with Crippen LogP contribution in [0.5, 0.6) is 0 Å². The summed E-state index contributed by atoms with van der Waals surface area (Å²) in [6.07, 6.45) is 0.536. The lowest BCUT2D eigenvalue weighted by atomic mass is 9.80. The van der Waals surface area contributed by atoms with E-state index >= 15 is 0 Å². The molecule has 8 heteroatoms. The van der Waals surface area contributed by atoms with E-state index in [2.05, 4.69) is 29.6 Å². The zero-order valence-electron chi connectivity index (χ0n) is 20.2. The van der Waals surface area contributed by atoms with Gasteiger partial charge in [-0.05, 0) is 48.9 Å². The normalized spacial score (nSPS) is 19.1. The monoisotopic (exact) mass is 480 g/mol. The van der Waals surface area contributed by atoms with E-state index in [4.69, 9.17) is 9.47 Å². The molecular formula is C27H32N2O6. The Kier molecular flexibility index (Phi) is 7.40. The first-order chi connectivity index (χ1) is 16.8. The van der Waals surface area contributed by atoms with Gasteiger partial charge in [0.2, 0.25) is 5.91 Å². The first kappa shape index (κ1) is 24.7. The van der Waals surface area contributed by atoms with Crippen molar-refractivity contribution < 1.29 is 29.0 Å². The molecule has 0 aromatic heterocycles. The van der Waals surface area contributed by atoms with Crippen LogP contribution in [-0.4, -0.2) is 66.9 Å². The lowest BCUT2D eigenvalue weighted by Crippen LogP contribution is -2.56. The number of alkyl carbamates (subject to hydrolysis) is 1. The molecule has 0 spiro atoms. The number of aliphatic carboxylic acids is 1. The van der Waals surface area contributed by atoms with E-state index < -0.39 is 24.0 Å². The van der Waals surface area contributed by atoms with Crippen LogP contribution in [0.15, 0.2) is 48.5 Å². The molecule has 4 rings (SSSR count). The van der Waals surface area contributed by atoms with Crippen LogP contribution in [0.4, 0.5) is 4.79 Å². The summed E-state index contributed by atoms with van der Waals surface area (Å²) in [5, 5.41) is 12.0. The zero-order valence-corrected chi connectivity index (χ0v) is 20.2. The molecule has 2 amide bonds. The van der Waals surface area contributed by atoms with Crippen molar-refractivity contribution in [3.63, 3.8) is 0 Å². The minimum Gasteiger partial charge on any atom is -0.480 e. The number of hydrogen-bond acceptors (Lipinski definition) is 5. The Morgan fingerprint density at radius 2 is 1.74 bits per heavy atom. The van der Waals surface area contributed by atoms with Gasteiger partial charge >= 0.3 is 12.1 Å². The largest absolute Gasteiger partial charge is 0.480 e. The lowest BCUT2D eigenvalue weighted by molar-refractivity contribution is -0.157. The highest BCUT2D eigenvalue weighted by atomic mass is 16.5. The maximum atomic E-state index is 13.4. The summed E-state index contributed by atoms with van der Waals surface area (Å²) in [4.78, 5) is 38.8. The smallest absolute Gasteiger partial charge is 0.407 e. The van der Waals surface area contributed by atoms with Crippen molar-refractivity contribution in [2.45, 2.75) is 38.6 Å². The van der Waals surface area contributed by atoms with Crippen molar-refractivity contribution in [2.75, 3.05) is 32.9 Å².